The van der Waals surface area contributed by atoms with Gasteiger partial charge in [-0.05, 0) is 37.6 Å². The van der Waals surface area contributed by atoms with E-state index in [1.54, 1.807) is 0 Å². The molecule has 0 amide bonds. The molecule has 1 heterocycles. The summed E-state index contributed by atoms with van der Waals surface area (Å²) < 4.78 is 2.98. The standard InChI is InChI=1S/C14H19BrN4/c1-9(2)16-8-12-7-13(15)5-6-14(12)19-11(4)17-10(3)18-19/h5-7,9,16H,8H2,1-4H3. The first-order valence-corrected chi connectivity index (χ1v) is 7.19. The molecule has 4 nitrogen and oxygen atoms in total. The summed E-state index contributed by atoms with van der Waals surface area (Å²) in [5.41, 5.74) is 2.28. The largest absolute Gasteiger partial charge is 0.310 e. The van der Waals surface area contributed by atoms with Crippen LogP contribution in [0.3, 0.4) is 0 Å². The Morgan fingerprint density at radius 1 is 1.32 bits per heavy atom. The third-order valence-corrected chi connectivity index (χ3v) is 3.34. The Kier molecular flexibility index (Phi) is 4.37. The minimum atomic E-state index is 0.449. The van der Waals surface area contributed by atoms with Gasteiger partial charge in [0.05, 0.1) is 5.69 Å². The summed E-state index contributed by atoms with van der Waals surface area (Å²) >= 11 is 3.53. The van der Waals surface area contributed by atoms with E-state index in [0.717, 1.165) is 28.4 Å². The number of hydrogen-bond donors (Lipinski definition) is 1. The molecular formula is C14H19BrN4. The molecule has 0 aliphatic carbocycles. The molecule has 5 heteroatoms. The van der Waals surface area contributed by atoms with E-state index in [-0.39, 0.29) is 0 Å². The predicted octanol–water partition coefficient (Wildman–Crippen LogP) is 3.14. The van der Waals surface area contributed by atoms with E-state index in [4.69, 9.17) is 0 Å². The smallest absolute Gasteiger partial charge is 0.148 e. The molecule has 19 heavy (non-hydrogen) atoms. The lowest BCUT2D eigenvalue weighted by Crippen LogP contribution is -2.23. The maximum Gasteiger partial charge on any atom is 0.148 e. The van der Waals surface area contributed by atoms with Gasteiger partial charge in [0.15, 0.2) is 0 Å². The molecule has 0 unspecified atom stereocenters. The van der Waals surface area contributed by atoms with Gasteiger partial charge in [-0.3, -0.25) is 0 Å². The zero-order valence-electron chi connectivity index (χ0n) is 11.7. The van der Waals surface area contributed by atoms with Crippen molar-refractivity contribution in [2.45, 2.75) is 40.3 Å². The van der Waals surface area contributed by atoms with Gasteiger partial charge in [-0.25, -0.2) is 9.67 Å². The monoisotopic (exact) mass is 322 g/mol. The number of nitrogens with zero attached hydrogens (tertiary/aromatic N) is 3. The van der Waals surface area contributed by atoms with E-state index >= 15 is 0 Å². The predicted molar refractivity (Wildman–Crippen MR) is 80.5 cm³/mol. The fourth-order valence-corrected chi connectivity index (χ4v) is 2.37. The summed E-state index contributed by atoms with van der Waals surface area (Å²) in [5.74, 6) is 1.70. The van der Waals surface area contributed by atoms with Gasteiger partial charge < -0.3 is 5.32 Å². The minimum Gasteiger partial charge on any atom is -0.310 e. The maximum atomic E-state index is 4.46. The second kappa shape index (κ2) is 5.84. The molecule has 0 aliphatic heterocycles. The molecule has 1 aromatic carbocycles. The van der Waals surface area contributed by atoms with E-state index in [1.165, 1.54) is 5.56 Å². The molecule has 0 saturated heterocycles. The van der Waals surface area contributed by atoms with Gasteiger partial charge in [0.2, 0.25) is 0 Å². The highest BCUT2D eigenvalue weighted by molar-refractivity contribution is 9.10. The second-order valence-corrected chi connectivity index (χ2v) is 5.84. The molecule has 2 rings (SSSR count). The molecule has 0 spiro atoms. The van der Waals surface area contributed by atoms with Crippen LogP contribution in [-0.2, 0) is 6.54 Å². The fraction of sp³-hybridized carbons (Fsp3) is 0.429. The Morgan fingerprint density at radius 2 is 2.05 bits per heavy atom. The molecule has 1 aromatic heterocycles. The molecule has 0 radical (unpaired) electrons. The first kappa shape index (κ1) is 14.2. The third-order valence-electron chi connectivity index (χ3n) is 2.85. The highest BCUT2D eigenvalue weighted by atomic mass is 79.9. The van der Waals surface area contributed by atoms with Crippen LogP contribution in [0.25, 0.3) is 5.69 Å². The van der Waals surface area contributed by atoms with Crippen LogP contribution in [-0.4, -0.2) is 20.8 Å². The lowest BCUT2D eigenvalue weighted by Gasteiger charge is -2.13. The highest BCUT2D eigenvalue weighted by Crippen LogP contribution is 2.21. The Hall–Kier alpha value is -1.20. The van der Waals surface area contributed by atoms with Gasteiger partial charge in [0.1, 0.15) is 11.6 Å². The average Bonchev–Trinajstić information content (AvgIpc) is 2.66. The topological polar surface area (TPSA) is 42.7 Å². The van der Waals surface area contributed by atoms with Crippen molar-refractivity contribution < 1.29 is 0 Å². The summed E-state index contributed by atoms with van der Waals surface area (Å²) in [6.07, 6.45) is 0. The number of nitrogens with one attached hydrogen (secondary N) is 1. The van der Waals surface area contributed by atoms with Gasteiger partial charge in [0, 0.05) is 17.1 Å². The first-order valence-electron chi connectivity index (χ1n) is 6.40. The van der Waals surface area contributed by atoms with Gasteiger partial charge in [-0.1, -0.05) is 29.8 Å². The number of aryl methyl sites for hydroxylation is 2. The van der Waals surface area contributed by atoms with Crippen molar-refractivity contribution >= 4 is 15.9 Å². The van der Waals surface area contributed by atoms with Crippen molar-refractivity contribution in [3.05, 3.63) is 39.9 Å². The van der Waals surface area contributed by atoms with E-state index < -0.39 is 0 Å². The fourth-order valence-electron chi connectivity index (χ4n) is 1.97. The van der Waals surface area contributed by atoms with Crippen LogP contribution in [0.2, 0.25) is 0 Å². The average molecular weight is 323 g/mol. The molecule has 0 saturated carbocycles. The lowest BCUT2D eigenvalue weighted by molar-refractivity contribution is 0.586. The van der Waals surface area contributed by atoms with Crippen LogP contribution in [0.5, 0.6) is 0 Å². The van der Waals surface area contributed by atoms with Crippen LogP contribution >= 0.6 is 15.9 Å². The molecule has 0 bridgehead atoms. The van der Waals surface area contributed by atoms with Gasteiger partial charge in [-0.2, -0.15) is 5.10 Å². The van der Waals surface area contributed by atoms with Crippen molar-refractivity contribution in [1.29, 1.82) is 0 Å². The molecule has 102 valence electrons. The Labute approximate surface area is 122 Å². The minimum absolute atomic E-state index is 0.449. The number of hydrogen-bond acceptors (Lipinski definition) is 3. The second-order valence-electron chi connectivity index (χ2n) is 4.93. The third kappa shape index (κ3) is 3.42. The van der Waals surface area contributed by atoms with Crippen LogP contribution in [0, 0.1) is 13.8 Å². The quantitative estimate of drug-likeness (QED) is 0.940. The van der Waals surface area contributed by atoms with Crippen LogP contribution in [0.15, 0.2) is 22.7 Å². The summed E-state index contributed by atoms with van der Waals surface area (Å²) in [6.45, 7) is 8.98. The zero-order valence-corrected chi connectivity index (χ0v) is 13.3. The van der Waals surface area contributed by atoms with Gasteiger partial charge >= 0.3 is 0 Å². The molecule has 1 N–H and O–H groups in total. The van der Waals surface area contributed by atoms with Crippen LogP contribution in [0.4, 0.5) is 0 Å². The molecule has 2 aromatic rings. The van der Waals surface area contributed by atoms with E-state index in [9.17, 15) is 0 Å². The van der Waals surface area contributed by atoms with Crippen molar-refractivity contribution in [3.8, 4) is 5.69 Å². The van der Waals surface area contributed by atoms with E-state index in [0.29, 0.717) is 6.04 Å². The van der Waals surface area contributed by atoms with Gasteiger partial charge in [-0.15, -0.1) is 0 Å². The summed E-state index contributed by atoms with van der Waals surface area (Å²) in [6, 6.07) is 6.68. The van der Waals surface area contributed by atoms with Gasteiger partial charge in [0.25, 0.3) is 0 Å². The lowest BCUT2D eigenvalue weighted by atomic mass is 10.1. The van der Waals surface area contributed by atoms with Crippen LogP contribution in [0.1, 0.15) is 31.1 Å². The molecule has 0 atom stereocenters. The summed E-state index contributed by atoms with van der Waals surface area (Å²) in [5, 5.41) is 7.90. The summed E-state index contributed by atoms with van der Waals surface area (Å²) in [7, 11) is 0. The Morgan fingerprint density at radius 3 is 2.63 bits per heavy atom. The zero-order chi connectivity index (χ0) is 14.0. The van der Waals surface area contributed by atoms with E-state index in [1.807, 2.05) is 24.6 Å². The molecule has 0 fully saturated rings. The van der Waals surface area contributed by atoms with E-state index in [2.05, 4.69) is 57.3 Å². The van der Waals surface area contributed by atoms with Crippen molar-refractivity contribution in [2.75, 3.05) is 0 Å². The highest BCUT2D eigenvalue weighted by Gasteiger charge is 2.10. The van der Waals surface area contributed by atoms with Crippen molar-refractivity contribution in [3.63, 3.8) is 0 Å². The number of halogens is 1. The SMILES string of the molecule is Cc1nc(C)n(-c2ccc(Br)cc2CNC(C)C)n1. The first-order chi connectivity index (χ1) is 8.97. The van der Waals surface area contributed by atoms with Crippen molar-refractivity contribution in [1.82, 2.24) is 20.1 Å². The van der Waals surface area contributed by atoms with Crippen LogP contribution < -0.4 is 5.32 Å². The summed E-state index contributed by atoms with van der Waals surface area (Å²) in [4.78, 5) is 4.37. The maximum absolute atomic E-state index is 4.46. The molecular weight excluding hydrogens is 304 g/mol. The number of rotatable bonds is 4. The Balaban J connectivity index is 2.41. The number of benzene rings is 1. The Bertz CT molecular complexity index is 575. The number of aromatic nitrogens is 3. The van der Waals surface area contributed by atoms with Crippen molar-refractivity contribution in [2.24, 2.45) is 0 Å². The normalized spacial score (nSPS) is 11.3. The molecule has 0 aliphatic rings.